The van der Waals surface area contributed by atoms with Crippen LogP contribution in [0.1, 0.15) is 46.2 Å². The molecule has 0 aliphatic rings. The predicted octanol–water partition coefficient (Wildman–Crippen LogP) is 4.87. The zero-order chi connectivity index (χ0) is 18.7. The number of primary amides is 1. The summed E-state index contributed by atoms with van der Waals surface area (Å²) in [5.74, 6) is -0.360. The largest absolute Gasteiger partial charge is 0.366 e. The van der Waals surface area contributed by atoms with E-state index in [1.807, 2.05) is 25.1 Å². The van der Waals surface area contributed by atoms with Crippen LogP contribution < -0.4 is 5.73 Å². The topological polar surface area (TPSA) is 48.0 Å². The molecule has 3 nitrogen and oxygen atoms in total. The Kier molecular flexibility index (Phi) is 5.27. The van der Waals surface area contributed by atoms with E-state index in [4.69, 9.17) is 5.73 Å². The third kappa shape index (κ3) is 3.43. The molecule has 0 aliphatic heterocycles. The minimum Gasteiger partial charge on any atom is -0.366 e. The van der Waals surface area contributed by atoms with E-state index in [0.717, 1.165) is 36.2 Å². The molecule has 1 amide bonds. The van der Waals surface area contributed by atoms with Crippen molar-refractivity contribution in [2.24, 2.45) is 5.73 Å². The maximum atomic E-state index is 12.3. The highest BCUT2D eigenvalue weighted by atomic mass is 16.1. The van der Waals surface area contributed by atoms with E-state index in [1.165, 1.54) is 16.8 Å². The first-order valence-corrected chi connectivity index (χ1v) is 9.15. The summed E-state index contributed by atoms with van der Waals surface area (Å²) in [6.45, 7) is 7.01. The van der Waals surface area contributed by atoms with Gasteiger partial charge in [-0.3, -0.25) is 4.79 Å². The Bertz CT molecular complexity index is 923. The number of aromatic nitrogens is 1. The van der Waals surface area contributed by atoms with Gasteiger partial charge >= 0.3 is 0 Å². The molecule has 0 fully saturated rings. The molecule has 0 saturated carbocycles. The van der Waals surface area contributed by atoms with Gasteiger partial charge in [0.25, 0.3) is 5.91 Å². The molecule has 0 spiro atoms. The van der Waals surface area contributed by atoms with Crippen molar-refractivity contribution in [3.63, 3.8) is 0 Å². The van der Waals surface area contributed by atoms with Crippen LogP contribution in [0, 0.1) is 13.8 Å². The van der Waals surface area contributed by atoms with Crippen molar-refractivity contribution in [1.29, 1.82) is 0 Å². The number of benzene rings is 2. The molecule has 1 aromatic heterocycles. The van der Waals surface area contributed by atoms with E-state index in [-0.39, 0.29) is 5.91 Å². The van der Waals surface area contributed by atoms with Gasteiger partial charge in [0.1, 0.15) is 0 Å². The van der Waals surface area contributed by atoms with Crippen LogP contribution in [-0.2, 0) is 13.0 Å². The number of hydrogen-bond donors (Lipinski definition) is 1. The number of aryl methyl sites for hydroxylation is 1. The Morgan fingerprint density at radius 3 is 2.38 bits per heavy atom. The fourth-order valence-electron chi connectivity index (χ4n) is 3.72. The average molecular weight is 346 g/mol. The van der Waals surface area contributed by atoms with Gasteiger partial charge in [-0.05, 0) is 31.4 Å². The number of carbonyl (C=O) groups is 1. The number of carbonyl (C=O) groups excluding carboxylic acids is 1. The molecule has 1 heterocycles. The molecule has 2 aromatic carbocycles. The lowest BCUT2D eigenvalue weighted by Gasteiger charge is -2.13. The molecule has 3 heteroatoms. The Balaban J connectivity index is 2.22. The molecule has 134 valence electrons. The number of amides is 1. The molecule has 3 rings (SSSR count). The summed E-state index contributed by atoms with van der Waals surface area (Å²) in [5.41, 5.74) is 13.1. The van der Waals surface area contributed by atoms with Gasteiger partial charge < -0.3 is 10.3 Å². The van der Waals surface area contributed by atoms with E-state index in [1.54, 1.807) is 0 Å². The Labute approximate surface area is 155 Å². The minimum absolute atomic E-state index is 0.360. The van der Waals surface area contributed by atoms with Crippen LogP contribution in [0.5, 0.6) is 0 Å². The highest BCUT2D eigenvalue weighted by molar-refractivity contribution is 6.02. The first-order valence-electron chi connectivity index (χ1n) is 9.15. The molecule has 3 aromatic rings. The molecule has 0 bridgehead atoms. The zero-order valence-corrected chi connectivity index (χ0v) is 15.8. The Morgan fingerprint density at radius 2 is 1.77 bits per heavy atom. The van der Waals surface area contributed by atoms with Gasteiger partial charge in [-0.15, -0.1) is 0 Å². The quantitative estimate of drug-likeness (QED) is 0.680. The lowest BCUT2D eigenvalue weighted by molar-refractivity contribution is 0.1000. The molecular weight excluding hydrogens is 320 g/mol. The predicted molar refractivity (Wildman–Crippen MR) is 107 cm³/mol. The molecule has 0 radical (unpaired) electrons. The summed E-state index contributed by atoms with van der Waals surface area (Å²) in [4.78, 5) is 12.3. The molecule has 0 unspecified atom stereocenters. The van der Waals surface area contributed by atoms with Crippen LogP contribution in [0.2, 0.25) is 0 Å². The molecule has 2 N–H and O–H groups in total. The first kappa shape index (κ1) is 18.0. The van der Waals surface area contributed by atoms with Crippen molar-refractivity contribution < 1.29 is 4.79 Å². The summed E-state index contributed by atoms with van der Waals surface area (Å²) < 4.78 is 2.26. The maximum absolute atomic E-state index is 12.3. The average Bonchev–Trinajstić information content (AvgIpc) is 2.89. The highest BCUT2D eigenvalue weighted by Crippen LogP contribution is 2.34. The number of hydrogen-bond acceptors (Lipinski definition) is 1. The standard InChI is InChI=1S/C23H26N2O/c1-4-9-20-22(19-12-6-5-7-13-19)21(23(24)26)17(3)25(20)15-18-11-8-10-16(2)14-18/h5-8,10-14H,4,9,15H2,1-3H3,(H2,24,26). The van der Waals surface area contributed by atoms with Crippen molar-refractivity contribution in [2.45, 2.75) is 40.2 Å². The van der Waals surface area contributed by atoms with E-state index in [9.17, 15) is 4.79 Å². The zero-order valence-electron chi connectivity index (χ0n) is 15.8. The highest BCUT2D eigenvalue weighted by Gasteiger charge is 2.24. The molecule has 0 aliphatic carbocycles. The van der Waals surface area contributed by atoms with Crippen molar-refractivity contribution in [1.82, 2.24) is 4.57 Å². The summed E-state index contributed by atoms with van der Waals surface area (Å²) in [7, 11) is 0. The lowest BCUT2D eigenvalue weighted by Crippen LogP contribution is -2.13. The SMILES string of the molecule is CCCc1c(-c2ccccc2)c(C(N)=O)c(C)n1Cc1cccc(C)c1. The summed E-state index contributed by atoms with van der Waals surface area (Å²) in [6, 6.07) is 18.6. The lowest BCUT2D eigenvalue weighted by atomic mass is 9.98. The van der Waals surface area contributed by atoms with E-state index < -0.39 is 0 Å². The van der Waals surface area contributed by atoms with Gasteiger partial charge in [0.2, 0.25) is 0 Å². The number of nitrogens with two attached hydrogens (primary N) is 1. The van der Waals surface area contributed by atoms with Crippen molar-refractivity contribution in [3.05, 3.63) is 82.7 Å². The van der Waals surface area contributed by atoms with Gasteiger partial charge in [0.15, 0.2) is 0 Å². The third-order valence-electron chi connectivity index (χ3n) is 4.85. The van der Waals surface area contributed by atoms with Crippen molar-refractivity contribution in [3.8, 4) is 11.1 Å². The minimum atomic E-state index is -0.360. The van der Waals surface area contributed by atoms with Crippen LogP contribution in [-0.4, -0.2) is 10.5 Å². The normalized spacial score (nSPS) is 10.9. The second-order valence-electron chi connectivity index (χ2n) is 6.84. The smallest absolute Gasteiger partial charge is 0.251 e. The van der Waals surface area contributed by atoms with Gasteiger partial charge in [-0.25, -0.2) is 0 Å². The number of rotatable bonds is 6. The van der Waals surface area contributed by atoms with Crippen LogP contribution in [0.3, 0.4) is 0 Å². The van der Waals surface area contributed by atoms with Crippen LogP contribution in [0.4, 0.5) is 0 Å². The molecule has 26 heavy (non-hydrogen) atoms. The van der Waals surface area contributed by atoms with E-state index >= 15 is 0 Å². The summed E-state index contributed by atoms with van der Waals surface area (Å²) in [5, 5.41) is 0. The van der Waals surface area contributed by atoms with Crippen LogP contribution in [0.25, 0.3) is 11.1 Å². The Morgan fingerprint density at radius 1 is 1.04 bits per heavy atom. The Hall–Kier alpha value is -2.81. The third-order valence-corrected chi connectivity index (χ3v) is 4.85. The van der Waals surface area contributed by atoms with Crippen LogP contribution in [0.15, 0.2) is 54.6 Å². The summed E-state index contributed by atoms with van der Waals surface area (Å²) >= 11 is 0. The second-order valence-corrected chi connectivity index (χ2v) is 6.84. The van der Waals surface area contributed by atoms with Gasteiger partial charge in [0, 0.05) is 23.5 Å². The van der Waals surface area contributed by atoms with E-state index in [2.05, 4.69) is 54.8 Å². The number of nitrogens with zero attached hydrogens (tertiary/aromatic N) is 1. The molecular formula is C23H26N2O. The van der Waals surface area contributed by atoms with E-state index in [0.29, 0.717) is 5.56 Å². The molecule has 0 saturated heterocycles. The fourth-order valence-corrected chi connectivity index (χ4v) is 3.72. The van der Waals surface area contributed by atoms with Crippen molar-refractivity contribution in [2.75, 3.05) is 0 Å². The maximum Gasteiger partial charge on any atom is 0.251 e. The summed E-state index contributed by atoms with van der Waals surface area (Å²) in [6.07, 6.45) is 1.92. The van der Waals surface area contributed by atoms with Gasteiger partial charge in [0.05, 0.1) is 5.56 Å². The van der Waals surface area contributed by atoms with Gasteiger partial charge in [-0.2, -0.15) is 0 Å². The fraction of sp³-hybridized carbons (Fsp3) is 0.261. The first-order chi connectivity index (χ1) is 12.5. The monoisotopic (exact) mass is 346 g/mol. The molecule has 0 atom stereocenters. The van der Waals surface area contributed by atoms with Crippen molar-refractivity contribution >= 4 is 5.91 Å². The second kappa shape index (κ2) is 7.61. The van der Waals surface area contributed by atoms with Gasteiger partial charge in [-0.1, -0.05) is 73.5 Å². The van der Waals surface area contributed by atoms with Crippen LogP contribution >= 0.6 is 0 Å².